The lowest BCUT2D eigenvalue weighted by Crippen LogP contribution is -2.24. The monoisotopic (exact) mass is 597 g/mol. The van der Waals surface area contributed by atoms with E-state index in [2.05, 4.69) is 94.9 Å². The Labute approximate surface area is 260 Å². The summed E-state index contributed by atoms with van der Waals surface area (Å²) >= 11 is 1.85. The number of hydrogen-bond donors (Lipinski definition) is 0. The Hall–Kier alpha value is -5.59. The number of hydrogen-bond acceptors (Lipinski definition) is 6. The highest BCUT2D eigenvalue weighted by Crippen LogP contribution is 2.37. The van der Waals surface area contributed by atoms with Gasteiger partial charge in [0.15, 0.2) is 5.82 Å². The van der Waals surface area contributed by atoms with E-state index in [1.54, 1.807) is 6.33 Å². The molecule has 0 amide bonds. The summed E-state index contributed by atoms with van der Waals surface area (Å²) in [4.78, 5) is 14.2. The van der Waals surface area contributed by atoms with Gasteiger partial charge in [-0.25, -0.2) is 15.0 Å². The minimum Gasteiger partial charge on any atom is -0.456 e. The molecular formula is C39H23N3O2S. The SMILES string of the molecule is C1=c2sc3ccccc3c2=CC(c2ncnc(-c3ccc4oc5ccc(-c6ccc7oc8ccccc8c7c6)cc5c4c3)n2)C1. The lowest BCUT2D eigenvalue weighted by Gasteiger charge is -2.12. The van der Waals surface area contributed by atoms with Crippen LogP contribution in [0, 0.1) is 0 Å². The molecule has 0 saturated carbocycles. The van der Waals surface area contributed by atoms with Crippen LogP contribution in [-0.2, 0) is 0 Å². The molecule has 9 aromatic rings. The van der Waals surface area contributed by atoms with Gasteiger partial charge in [-0.3, -0.25) is 0 Å². The molecule has 0 saturated heterocycles. The van der Waals surface area contributed by atoms with E-state index < -0.39 is 0 Å². The van der Waals surface area contributed by atoms with Crippen molar-refractivity contribution in [3.8, 4) is 22.5 Å². The molecule has 0 fully saturated rings. The molecular weight excluding hydrogens is 575 g/mol. The van der Waals surface area contributed by atoms with Gasteiger partial charge in [-0.2, -0.15) is 0 Å². The van der Waals surface area contributed by atoms with E-state index in [9.17, 15) is 0 Å². The molecule has 4 aromatic heterocycles. The number of benzene rings is 5. The molecule has 5 aromatic carbocycles. The Morgan fingerprint density at radius 1 is 0.600 bits per heavy atom. The maximum absolute atomic E-state index is 6.25. The maximum atomic E-state index is 6.25. The van der Waals surface area contributed by atoms with E-state index in [0.29, 0.717) is 5.82 Å². The van der Waals surface area contributed by atoms with Crippen LogP contribution in [0.2, 0.25) is 0 Å². The highest BCUT2D eigenvalue weighted by atomic mass is 32.1. The minimum absolute atomic E-state index is 0.1000. The van der Waals surface area contributed by atoms with Crippen LogP contribution in [0.4, 0.5) is 0 Å². The van der Waals surface area contributed by atoms with Crippen molar-refractivity contribution >= 4 is 77.5 Å². The second-order valence-electron chi connectivity index (χ2n) is 11.6. The number of fused-ring (bicyclic) bond motifs is 9. The van der Waals surface area contributed by atoms with Crippen LogP contribution in [0.3, 0.4) is 0 Å². The Morgan fingerprint density at radius 2 is 1.22 bits per heavy atom. The number of aromatic nitrogens is 3. The molecule has 10 rings (SSSR count). The fourth-order valence-corrected chi connectivity index (χ4v) is 7.86. The molecule has 0 N–H and O–H groups in total. The van der Waals surface area contributed by atoms with Gasteiger partial charge in [0.1, 0.15) is 34.5 Å². The van der Waals surface area contributed by atoms with E-state index in [1.165, 1.54) is 19.8 Å². The van der Waals surface area contributed by atoms with Crippen LogP contribution >= 0.6 is 11.3 Å². The summed E-state index contributed by atoms with van der Waals surface area (Å²) in [6.45, 7) is 0. The van der Waals surface area contributed by atoms with Crippen LogP contribution in [-0.4, -0.2) is 15.0 Å². The first-order chi connectivity index (χ1) is 22.2. The lowest BCUT2D eigenvalue weighted by atomic mass is 9.98. The average Bonchev–Trinajstić information content (AvgIpc) is 3.78. The zero-order valence-corrected chi connectivity index (χ0v) is 24.7. The van der Waals surface area contributed by atoms with Crippen molar-refractivity contribution in [2.24, 2.45) is 0 Å². The normalized spacial score (nSPS) is 14.7. The number of nitrogens with zero attached hydrogens (tertiary/aromatic N) is 3. The van der Waals surface area contributed by atoms with Crippen LogP contribution in [0.25, 0.3) is 88.6 Å². The topological polar surface area (TPSA) is 65.0 Å². The molecule has 0 bridgehead atoms. The Bertz CT molecular complexity index is 2770. The summed E-state index contributed by atoms with van der Waals surface area (Å²) in [5, 5.41) is 6.91. The van der Waals surface area contributed by atoms with Gasteiger partial charge in [0, 0.05) is 42.3 Å². The predicted octanol–water partition coefficient (Wildman–Crippen LogP) is 8.97. The van der Waals surface area contributed by atoms with E-state index in [0.717, 1.165) is 72.8 Å². The van der Waals surface area contributed by atoms with Crippen molar-refractivity contribution in [1.82, 2.24) is 15.0 Å². The number of furan rings is 2. The second-order valence-corrected chi connectivity index (χ2v) is 12.7. The van der Waals surface area contributed by atoms with E-state index >= 15 is 0 Å². The van der Waals surface area contributed by atoms with Gasteiger partial charge < -0.3 is 8.83 Å². The molecule has 1 atom stereocenters. The Kier molecular flexibility index (Phi) is 5.21. The van der Waals surface area contributed by atoms with E-state index in [4.69, 9.17) is 13.8 Å². The standard InChI is InChI=1S/C39H23N3O2S/c1-3-7-32-26(5-1)28-17-22(9-13-33(28)43-32)23-10-14-34-29(18-23)30-19-24(11-15-35(30)44-34)38-40-21-41-39(42-38)25-12-16-37-31(20-25)27-6-2-4-8-36(27)45-37/h1-11,13-21,25H,12H2. The van der Waals surface area contributed by atoms with Crippen LogP contribution < -0.4 is 9.75 Å². The van der Waals surface area contributed by atoms with Crippen molar-refractivity contribution in [3.63, 3.8) is 0 Å². The molecule has 6 heteroatoms. The summed E-state index contributed by atoms with van der Waals surface area (Å²) < 4.78 is 14.9. The van der Waals surface area contributed by atoms with Gasteiger partial charge in [-0.15, -0.1) is 11.3 Å². The molecule has 45 heavy (non-hydrogen) atoms. The highest BCUT2D eigenvalue weighted by molar-refractivity contribution is 7.17. The molecule has 0 radical (unpaired) electrons. The Morgan fingerprint density at radius 3 is 2.00 bits per heavy atom. The number of para-hydroxylation sites is 1. The summed E-state index contributed by atoms with van der Waals surface area (Å²) in [6.07, 6.45) is 7.16. The van der Waals surface area contributed by atoms with E-state index in [-0.39, 0.29) is 5.92 Å². The summed E-state index contributed by atoms with van der Waals surface area (Å²) in [5.41, 5.74) is 6.67. The number of rotatable bonds is 3. The first-order valence-electron chi connectivity index (χ1n) is 15.0. The third-order valence-electron chi connectivity index (χ3n) is 8.95. The van der Waals surface area contributed by atoms with Crippen molar-refractivity contribution in [2.75, 3.05) is 0 Å². The second kappa shape index (κ2) is 9.45. The van der Waals surface area contributed by atoms with Crippen molar-refractivity contribution in [3.05, 3.63) is 125 Å². The van der Waals surface area contributed by atoms with Crippen LogP contribution in [0.1, 0.15) is 18.2 Å². The van der Waals surface area contributed by atoms with Gasteiger partial charge in [0.25, 0.3) is 0 Å². The fraction of sp³-hybridized carbons (Fsp3) is 0.0513. The number of thiophene rings is 1. The molecule has 212 valence electrons. The zero-order valence-electron chi connectivity index (χ0n) is 23.9. The van der Waals surface area contributed by atoms with Gasteiger partial charge in [0.05, 0.1) is 0 Å². The largest absolute Gasteiger partial charge is 0.456 e. The van der Waals surface area contributed by atoms with Gasteiger partial charge in [-0.1, -0.05) is 60.7 Å². The smallest absolute Gasteiger partial charge is 0.163 e. The quantitative estimate of drug-likeness (QED) is 0.203. The van der Waals surface area contributed by atoms with Gasteiger partial charge >= 0.3 is 0 Å². The first-order valence-corrected chi connectivity index (χ1v) is 15.8. The maximum Gasteiger partial charge on any atom is 0.163 e. The molecule has 1 unspecified atom stereocenters. The van der Waals surface area contributed by atoms with Crippen molar-refractivity contribution < 1.29 is 8.83 Å². The predicted molar refractivity (Wildman–Crippen MR) is 183 cm³/mol. The third kappa shape index (κ3) is 3.89. The molecule has 1 aliphatic carbocycles. The first kappa shape index (κ1) is 24.8. The fourth-order valence-electron chi connectivity index (χ4n) is 6.72. The minimum atomic E-state index is 0.1000. The molecule has 4 heterocycles. The van der Waals surface area contributed by atoms with Gasteiger partial charge in [0.2, 0.25) is 0 Å². The van der Waals surface area contributed by atoms with Crippen LogP contribution in [0.15, 0.2) is 118 Å². The molecule has 0 aliphatic heterocycles. The van der Waals surface area contributed by atoms with Crippen molar-refractivity contribution in [2.45, 2.75) is 12.3 Å². The third-order valence-corrected chi connectivity index (χ3v) is 10.1. The average molecular weight is 598 g/mol. The molecule has 5 nitrogen and oxygen atoms in total. The summed E-state index contributed by atoms with van der Waals surface area (Å²) in [6, 6.07) is 35.7. The van der Waals surface area contributed by atoms with E-state index in [1.807, 2.05) is 41.7 Å². The molecule has 0 spiro atoms. The Balaban J connectivity index is 1.05. The zero-order chi connectivity index (χ0) is 29.5. The lowest BCUT2D eigenvalue weighted by molar-refractivity contribution is 0.668. The molecule has 1 aliphatic rings. The van der Waals surface area contributed by atoms with Gasteiger partial charge in [-0.05, 0) is 82.7 Å². The highest BCUT2D eigenvalue weighted by Gasteiger charge is 2.18. The van der Waals surface area contributed by atoms with Crippen molar-refractivity contribution in [1.29, 1.82) is 0 Å². The summed E-state index contributed by atoms with van der Waals surface area (Å²) in [5.74, 6) is 1.56. The van der Waals surface area contributed by atoms with Crippen LogP contribution in [0.5, 0.6) is 0 Å². The summed E-state index contributed by atoms with van der Waals surface area (Å²) in [7, 11) is 0.